The predicted molar refractivity (Wildman–Crippen MR) is 75.5 cm³/mol. The first-order valence-electron chi connectivity index (χ1n) is 7.25. The molecule has 1 fully saturated rings. The second-order valence-electron chi connectivity index (χ2n) is 5.66. The van der Waals surface area contributed by atoms with Gasteiger partial charge in [0.05, 0.1) is 6.04 Å². The van der Waals surface area contributed by atoms with Gasteiger partial charge in [0.25, 0.3) is 0 Å². The molecule has 1 N–H and O–H groups in total. The summed E-state index contributed by atoms with van der Waals surface area (Å²) in [7, 11) is 0. The van der Waals surface area contributed by atoms with Gasteiger partial charge in [-0.05, 0) is 37.3 Å². The van der Waals surface area contributed by atoms with Gasteiger partial charge in [0.2, 0.25) is 5.91 Å². The average molecular weight is 267 g/mol. The van der Waals surface area contributed by atoms with Gasteiger partial charge >= 0.3 is 0 Å². The van der Waals surface area contributed by atoms with Gasteiger partial charge in [-0.3, -0.25) is 4.79 Å². The van der Waals surface area contributed by atoms with E-state index in [1.807, 2.05) is 18.5 Å². The summed E-state index contributed by atoms with van der Waals surface area (Å²) in [5.41, 5.74) is 2.50. The molecule has 2 aromatic rings. The highest BCUT2D eigenvalue weighted by molar-refractivity contribution is 5.81. The zero-order valence-corrected chi connectivity index (χ0v) is 11.2. The lowest BCUT2D eigenvalue weighted by Gasteiger charge is -2.16. The van der Waals surface area contributed by atoms with Gasteiger partial charge in [-0.25, -0.2) is 4.98 Å². The molecule has 1 saturated carbocycles. The minimum Gasteiger partial charge on any atom is -0.346 e. The molecule has 4 nitrogen and oxygen atoms in total. The normalized spacial score (nSPS) is 20.7. The summed E-state index contributed by atoms with van der Waals surface area (Å²) in [6.45, 7) is 0. The lowest BCUT2D eigenvalue weighted by atomic mass is 10.1. The summed E-state index contributed by atoms with van der Waals surface area (Å²) in [4.78, 5) is 16.5. The predicted octanol–water partition coefficient (Wildman–Crippen LogP) is 2.39. The Morgan fingerprint density at radius 3 is 2.95 bits per heavy atom. The lowest BCUT2D eigenvalue weighted by molar-refractivity contribution is -0.123. The van der Waals surface area contributed by atoms with Crippen LogP contribution in [0.1, 0.15) is 36.7 Å². The number of carbonyl (C=O) groups excluding carboxylic acids is 1. The van der Waals surface area contributed by atoms with Crippen molar-refractivity contribution in [3.05, 3.63) is 48.0 Å². The van der Waals surface area contributed by atoms with Crippen LogP contribution in [0.3, 0.4) is 0 Å². The largest absolute Gasteiger partial charge is 0.346 e. The van der Waals surface area contributed by atoms with Crippen LogP contribution in [-0.4, -0.2) is 15.5 Å². The van der Waals surface area contributed by atoms with Crippen LogP contribution >= 0.6 is 0 Å². The number of benzene rings is 1. The van der Waals surface area contributed by atoms with Crippen molar-refractivity contribution in [3.8, 4) is 5.69 Å². The Morgan fingerprint density at radius 2 is 2.10 bits per heavy atom. The molecule has 0 radical (unpaired) electrons. The number of aromatic nitrogens is 2. The molecule has 1 atom stereocenters. The highest BCUT2D eigenvalue weighted by Gasteiger charge is 2.33. The molecule has 1 aliphatic carbocycles. The quantitative estimate of drug-likeness (QED) is 0.908. The third-order valence-corrected chi connectivity index (χ3v) is 4.20. The molecule has 1 unspecified atom stereocenters. The SMILES string of the molecule is O=C(NC1CCc2ccccc2-n2ccnc21)C1CC1. The van der Waals surface area contributed by atoms with Crippen molar-refractivity contribution in [1.29, 1.82) is 0 Å². The van der Waals surface area contributed by atoms with Crippen LogP contribution in [-0.2, 0) is 11.2 Å². The van der Waals surface area contributed by atoms with Crippen LogP contribution in [0.4, 0.5) is 0 Å². The molecule has 2 aliphatic rings. The zero-order chi connectivity index (χ0) is 13.5. The molecular formula is C16H17N3O. The summed E-state index contributed by atoms with van der Waals surface area (Å²) in [5.74, 6) is 1.38. The number of imidazole rings is 1. The molecule has 102 valence electrons. The average Bonchev–Trinajstić information content (AvgIpc) is 3.23. The zero-order valence-electron chi connectivity index (χ0n) is 11.2. The molecule has 0 saturated heterocycles. The Morgan fingerprint density at radius 1 is 1.25 bits per heavy atom. The number of aryl methyl sites for hydroxylation is 1. The minimum atomic E-state index is 0.0190. The van der Waals surface area contributed by atoms with Crippen LogP contribution in [0.5, 0.6) is 0 Å². The van der Waals surface area contributed by atoms with Gasteiger partial charge in [0, 0.05) is 24.0 Å². The molecule has 4 rings (SSSR count). The summed E-state index contributed by atoms with van der Waals surface area (Å²) in [5, 5.41) is 3.18. The molecule has 4 heteroatoms. The Kier molecular flexibility index (Phi) is 2.62. The van der Waals surface area contributed by atoms with E-state index < -0.39 is 0 Å². The van der Waals surface area contributed by atoms with Gasteiger partial charge in [-0.2, -0.15) is 0 Å². The smallest absolute Gasteiger partial charge is 0.223 e. The Balaban J connectivity index is 1.70. The molecular weight excluding hydrogens is 250 g/mol. The van der Waals surface area contributed by atoms with E-state index >= 15 is 0 Å². The summed E-state index contributed by atoms with van der Waals surface area (Å²) in [6.07, 6.45) is 7.74. The fourth-order valence-electron chi connectivity index (χ4n) is 2.93. The van der Waals surface area contributed by atoms with E-state index in [2.05, 4.69) is 33.1 Å². The van der Waals surface area contributed by atoms with E-state index in [0.717, 1.165) is 31.5 Å². The van der Waals surface area contributed by atoms with E-state index in [4.69, 9.17) is 0 Å². The third kappa shape index (κ3) is 1.92. The van der Waals surface area contributed by atoms with Crippen LogP contribution < -0.4 is 5.32 Å². The first-order chi connectivity index (χ1) is 9.83. The molecule has 2 heterocycles. The number of carbonyl (C=O) groups is 1. The Bertz CT molecular complexity index is 657. The lowest BCUT2D eigenvalue weighted by Crippen LogP contribution is -2.31. The fourth-order valence-corrected chi connectivity index (χ4v) is 2.93. The maximum atomic E-state index is 12.0. The van der Waals surface area contributed by atoms with Crippen molar-refractivity contribution in [1.82, 2.24) is 14.9 Å². The molecule has 1 aliphatic heterocycles. The van der Waals surface area contributed by atoms with Gasteiger partial charge in [0.1, 0.15) is 5.82 Å². The molecule has 1 aromatic heterocycles. The van der Waals surface area contributed by atoms with Crippen LogP contribution in [0.25, 0.3) is 5.69 Å². The van der Waals surface area contributed by atoms with E-state index in [1.54, 1.807) is 0 Å². The molecule has 0 bridgehead atoms. The molecule has 1 aromatic carbocycles. The number of amides is 1. The first-order valence-corrected chi connectivity index (χ1v) is 7.25. The van der Waals surface area contributed by atoms with Crippen LogP contribution in [0, 0.1) is 5.92 Å². The van der Waals surface area contributed by atoms with Crippen LogP contribution in [0.2, 0.25) is 0 Å². The number of hydrogen-bond acceptors (Lipinski definition) is 2. The second-order valence-corrected chi connectivity index (χ2v) is 5.66. The Labute approximate surface area is 117 Å². The van der Waals surface area contributed by atoms with Crippen molar-refractivity contribution in [2.45, 2.75) is 31.7 Å². The van der Waals surface area contributed by atoms with Crippen molar-refractivity contribution >= 4 is 5.91 Å². The number of nitrogens with one attached hydrogen (secondary N) is 1. The van der Waals surface area contributed by atoms with Gasteiger partial charge in [0.15, 0.2) is 0 Å². The molecule has 1 amide bonds. The van der Waals surface area contributed by atoms with Gasteiger partial charge in [-0.1, -0.05) is 18.2 Å². The third-order valence-electron chi connectivity index (χ3n) is 4.20. The van der Waals surface area contributed by atoms with E-state index in [1.165, 1.54) is 11.3 Å². The monoisotopic (exact) mass is 267 g/mol. The number of para-hydroxylation sites is 1. The van der Waals surface area contributed by atoms with Crippen molar-refractivity contribution < 1.29 is 4.79 Å². The van der Waals surface area contributed by atoms with Crippen molar-refractivity contribution in [3.63, 3.8) is 0 Å². The summed E-state index contributed by atoms with van der Waals surface area (Å²) in [6, 6.07) is 8.41. The summed E-state index contributed by atoms with van der Waals surface area (Å²) < 4.78 is 2.11. The van der Waals surface area contributed by atoms with E-state index in [9.17, 15) is 4.79 Å². The van der Waals surface area contributed by atoms with Gasteiger partial charge < -0.3 is 9.88 Å². The van der Waals surface area contributed by atoms with Gasteiger partial charge in [-0.15, -0.1) is 0 Å². The van der Waals surface area contributed by atoms with E-state index in [0.29, 0.717) is 0 Å². The van der Waals surface area contributed by atoms with Crippen molar-refractivity contribution in [2.24, 2.45) is 5.92 Å². The topological polar surface area (TPSA) is 46.9 Å². The number of nitrogens with zero attached hydrogens (tertiary/aromatic N) is 2. The number of fused-ring (bicyclic) bond motifs is 3. The second kappa shape index (κ2) is 4.47. The number of hydrogen-bond donors (Lipinski definition) is 1. The maximum absolute atomic E-state index is 12.0. The fraction of sp³-hybridized carbons (Fsp3) is 0.375. The van der Waals surface area contributed by atoms with Crippen molar-refractivity contribution in [2.75, 3.05) is 0 Å². The number of rotatable bonds is 2. The standard InChI is InChI=1S/C16H17N3O/c20-16(12-5-6-12)18-13-8-7-11-3-1-2-4-14(11)19-10-9-17-15(13)19/h1-4,9-10,12-13H,5-8H2,(H,18,20). The molecule has 0 spiro atoms. The minimum absolute atomic E-state index is 0.0190. The highest BCUT2D eigenvalue weighted by Crippen LogP contribution is 2.32. The molecule has 20 heavy (non-hydrogen) atoms. The maximum Gasteiger partial charge on any atom is 0.223 e. The highest BCUT2D eigenvalue weighted by atomic mass is 16.2. The summed E-state index contributed by atoms with van der Waals surface area (Å²) >= 11 is 0. The Hall–Kier alpha value is -2.10. The first kappa shape index (κ1) is 11.7. The van der Waals surface area contributed by atoms with Crippen LogP contribution in [0.15, 0.2) is 36.7 Å². The van der Waals surface area contributed by atoms with E-state index in [-0.39, 0.29) is 17.9 Å².